The van der Waals surface area contributed by atoms with Gasteiger partial charge in [0.2, 0.25) is 0 Å². The highest BCUT2D eigenvalue weighted by Gasteiger charge is 2.07. The van der Waals surface area contributed by atoms with Gasteiger partial charge in [0.05, 0.1) is 6.61 Å². The van der Waals surface area contributed by atoms with Crippen molar-refractivity contribution in [2.75, 3.05) is 19.8 Å². The summed E-state index contributed by atoms with van der Waals surface area (Å²) in [6, 6.07) is 0.571. The first-order valence-corrected chi connectivity index (χ1v) is 8.66. The second kappa shape index (κ2) is 16.0. The van der Waals surface area contributed by atoms with Crippen LogP contribution in [-0.4, -0.2) is 25.8 Å². The van der Waals surface area contributed by atoms with E-state index in [0.717, 1.165) is 26.2 Å². The summed E-state index contributed by atoms with van der Waals surface area (Å²) in [5, 5.41) is 3.61. The van der Waals surface area contributed by atoms with Gasteiger partial charge in [-0.15, -0.1) is 0 Å². The van der Waals surface area contributed by atoms with Gasteiger partial charge in [-0.3, -0.25) is 0 Å². The normalized spacial score (nSPS) is 12.8. The summed E-state index contributed by atoms with van der Waals surface area (Å²) >= 11 is 0. The first-order valence-electron chi connectivity index (χ1n) is 8.66. The molecule has 0 aliphatic rings. The molecule has 0 spiro atoms. The lowest BCUT2D eigenvalue weighted by molar-refractivity contribution is 0.108. The summed E-state index contributed by atoms with van der Waals surface area (Å²) in [7, 11) is 0. The highest BCUT2D eigenvalue weighted by Crippen LogP contribution is 2.10. The average molecular weight is 271 g/mol. The van der Waals surface area contributed by atoms with E-state index in [1.54, 1.807) is 0 Å². The predicted octanol–water partition coefficient (Wildman–Crippen LogP) is 4.92. The van der Waals surface area contributed by atoms with E-state index in [4.69, 9.17) is 4.74 Å². The molecule has 0 fully saturated rings. The van der Waals surface area contributed by atoms with Crippen LogP contribution in [-0.2, 0) is 4.74 Å². The largest absolute Gasteiger partial charge is 0.380 e. The van der Waals surface area contributed by atoms with E-state index in [1.165, 1.54) is 57.8 Å². The summed E-state index contributed by atoms with van der Waals surface area (Å²) in [5.74, 6) is 0. The Hall–Kier alpha value is -0.0800. The van der Waals surface area contributed by atoms with E-state index in [9.17, 15) is 0 Å². The number of hydrogen-bond donors (Lipinski definition) is 1. The van der Waals surface area contributed by atoms with Crippen LogP contribution in [0.2, 0.25) is 0 Å². The molecule has 19 heavy (non-hydrogen) atoms. The maximum Gasteiger partial charge on any atom is 0.0619 e. The molecule has 0 aromatic heterocycles. The molecule has 116 valence electrons. The molecule has 0 saturated carbocycles. The molecule has 0 rings (SSSR count). The van der Waals surface area contributed by atoms with Crippen molar-refractivity contribution in [2.45, 2.75) is 91.0 Å². The minimum absolute atomic E-state index is 0.571. The van der Waals surface area contributed by atoms with Gasteiger partial charge in [-0.05, 0) is 25.8 Å². The smallest absolute Gasteiger partial charge is 0.0619 e. The lowest BCUT2D eigenvalue weighted by atomic mass is 10.1. The number of nitrogens with one attached hydrogen (secondary N) is 1. The van der Waals surface area contributed by atoms with Crippen LogP contribution in [0.5, 0.6) is 0 Å². The van der Waals surface area contributed by atoms with E-state index in [-0.39, 0.29) is 0 Å². The Morgan fingerprint density at radius 1 is 0.789 bits per heavy atom. The summed E-state index contributed by atoms with van der Waals surface area (Å²) in [6.45, 7) is 9.59. The monoisotopic (exact) mass is 271 g/mol. The fourth-order valence-electron chi connectivity index (χ4n) is 2.31. The Kier molecular flexibility index (Phi) is 15.9. The van der Waals surface area contributed by atoms with Gasteiger partial charge in [-0.25, -0.2) is 0 Å². The molecule has 2 heteroatoms. The highest BCUT2D eigenvalue weighted by molar-refractivity contribution is 4.66. The van der Waals surface area contributed by atoms with E-state index in [2.05, 4.69) is 26.1 Å². The van der Waals surface area contributed by atoms with E-state index < -0.39 is 0 Å². The molecule has 0 amide bonds. The fraction of sp³-hybridized carbons (Fsp3) is 1.00. The molecule has 0 aliphatic heterocycles. The SMILES string of the molecule is CCCCCCCCCC(COCCC)NCCC. The maximum atomic E-state index is 5.69. The van der Waals surface area contributed by atoms with E-state index in [0.29, 0.717) is 6.04 Å². The van der Waals surface area contributed by atoms with Crippen molar-refractivity contribution in [2.24, 2.45) is 0 Å². The van der Waals surface area contributed by atoms with Crippen molar-refractivity contribution in [1.82, 2.24) is 5.32 Å². The van der Waals surface area contributed by atoms with Crippen molar-refractivity contribution in [3.8, 4) is 0 Å². The molecule has 0 aromatic rings. The maximum absolute atomic E-state index is 5.69. The molecule has 1 atom stereocenters. The first kappa shape index (κ1) is 18.9. The quantitative estimate of drug-likeness (QED) is 0.427. The lowest BCUT2D eigenvalue weighted by Gasteiger charge is -2.18. The third-order valence-electron chi connectivity index (χ3n) is 3.51. The average Bonchev–Trinajstić information content (AvgIpc) is 2.43. The Labute approximate surface area is 121 Å². The molecule has 0 radical (unpaired) electrons. The Morgan fingerprint density at radius 3 is 2.11 bits per heavy atom. The van der Waals surface area contributed by atoms with Crippen LogP contribution in [0.25, 0.3) is 0 Å². The van der Waals surface area contributed by atoms with Gasteiger partial charge in [0.1, 0.15) is 0 Å². The minimum Gasteiger partial charge on any atom is -0.380 e. The van der Waals surface area contributed by atoms with Crippen molar-refractivity contribution in [3.63, 3.8) is 0 Å². The van der Waals surface area contributed by atoms with Crippen LogP contribution in [0.4, 0.5) is 0 Å². The zero-order chi connectivity index (χ0) is 14.2. The molecule has 1 unspecified atom stereocenters. The van der Waals surface area contributed by atoms with Gasteiger partial charge in [-0.1, -0.05) is 65.7 Å². The molecule has 2 nitrogen and oxygen atoms in total. The zero-order valence-corrected chi connectivity index (χ0v) is 13.7. The molecule has 0 aliphatic carbocycles. The Balaban J connectivity index is 3.49. The molecule has 1 N–H and O–H groups in total. The van der Waals surface area contributed by atoms with Crippen LogP contribution in [0.1, 0.15) is 85.0 Å². The molecular formula is C17H37NO. The standard InChI is InChI=1S/C17H37NO/c1-4-7-8-9-10-11-12-13-17(18-14-5-2)16-19-15-6-3/h17-18H,4-16H2,1-3H3. The van der Waals surface area contributed by atoms with Gasteiger partial charge in [0.15, 0.2) is 0 Å². The van der Waals surface area contributed by atoms with Gasteiger partial charge >= 0.3 is 0 Å². The fourth-order valence-corrected chi connectivity index (χ4v) is 2.31. The van der Waals surface area contributed by atoms with E-state index in [1.807, 2.05) is 0 Å². The summed E-state index contributed by atoms with van der Waals surface area (Å²) < 4.78 is 5.69. The Morgan fingerprint density at radius 2 is 1.47 bits per heavy atom. The molecular weight excluding hydrogens is 234 g/mol. The van der Waals surface area contributed by atoms with Crippen molar-refractivity contribution in [1.29, 1.82) is 0 Å². The van der Waals surface area contributed by atoms with Crippen LogP contribution in [0.15, 0.2) is 0 Å². The molecule has 0 bridgehead atoms. The number of ether oxygens (including phenoxy) is 1. The van der Waals surface area contributed by atoms with Gasteiger partial charge in [-0.2, -0.15) is 0 Å². The zero-order valence-electron chi connectivity index (χ0n) is 13.7. The minimum atomic E-state index is 0.571. The van der Waals surface area contributed by atoms with Crippen LogP contribution in [0, 0.1) is 0 Å². The molecule has 0 saturated heterocycles. The second-order valence-corrected chi connectivity index (χ2v) is 5.64. The highest BCUT2D eigenvalue weighted by atomic mass is 16.5. The van der Waals surface area contributed by atoms with Gasteiger partial charge in [0, 0.05) is 12.6 Å². The summed E-state index contributed by atoms with van der Waals surface area (Å²) in [6.07, 6.45) is 13.4. The number of unbranched alkanes of at least 4 members (excludes halogenated alkanes) is 6. The molecule has 0 heterocycles. The number of hydrogen-bond acceptors (Lipinski definition) is 2. The van der Waals surface area contributed by atoms with Crippen molar-refractivity contribution < 1.29 is 4.74 Å². The summed E-state index contributed by atoms with van der Waals surface area (Å²) in [5.41, 5.74) is 0. The topological polar surface area (TPSA) is 21.3 Å². The van der Waals surface area contributed by atoms with Crippen molar-refractivity contribution in [3.05, 3.63) is 0 Å². The van der Waals surface area contributed by atoms with Crippen LogP contribution in [0.3, 0.4) is 0 Å². The summed E-state index contributed by atoms with van der Waals surface area (Å²) in [4.78, 5) is 0. The van der Waals surface area contributed by atoms with E-state index >= 15 is 0 Å². The first-order chi connectivity index (χ1) is 9.35. The third kappa shape index (κ3) is 14.1. The predicted molar refractivity (Wildman–Crippen MR) is 85.8 cm³/mol. The van der Waals surface area contributed by atoms with Crippen LogP contribution < -0.4 is 5.32 Å². The van der Waals surface area contributed by atoms with Crippen molar-refractivity contribution >= 4 is 0 Å². The van der Waals surface area contributed by atoms with Crippen LogP contribution >= 0.6 is 0 Å². The Bertz CT molecular complexity index is 161. The lowest BCUT2D eigenvalue weighted by Crippen LogP contribution is -2.34. The number of rotatable bonds is 15. The third-order valence-corrected chi connectivity index (χ3v) is 3.51. The van der Waals surface area contributed by atoms with Gasteiger partial charge in [0.25, 0.3) is 0 Å². The van der Waals surface area contributed by atoms with Gasteiger partial charge < -0.3 is 10.1 Å². The molecule has 0 aromatic carbocycles. The second-order valence-electron chi connectivity index (χ2n) is 5.64.